The Morgan fingerprint density at radius 1 is 1.19 bits per heavy atom. The van der Waals surface area contributed by atoms with Gasteiger partial charge in [0.1, 0.15) is 5.75 Å². The van der Waals surface area contributed by atoms with Crippen LogP contribution in [0.2, 0.25) is 0 Å². The zero-order valence-electron chi connectivity index (χ0n) is 12.9. The van der Waals surface area contributed by atoms with Gasteiger partial charge in [0.05, 0.1) is 6.61 Å². The van der Waals surface area contributed by atoms with Crippen LogP contribution in [0.5, 0.6) is 5.75 Å². The van der Waals surface area contributed by atoms with Crippen LogP contribution in [-0.4, -0.2) is 6.61 Å². The van der Waals surface area contributed by atoms with Gasteiger partial charge in [0.25, 0.3) is 0 Å². The van der Waals surface area contributed by atoms with Crippen LogP contribution in [0.4, 0.5) is 0 Å². The highest BCUT2D eigenvalue weighted by Gasteiger charge is 2.22. The Morgan fingerprint density at radius 3 is 2.86 bits per heavy atom. The number of hydrazine groups is 1. The van der Waals surface area contributed by atoms with E-state index in [1.54, 1.807) is 0 Å². The SMILES string of the molecule is NNC(CCC1CCCCC1)c1cccc2c1OCCC2. The molecule has 1 aliphatic heterocycles. The average molecular weight is 288 g/mol. The fourth-order valence-electron chi connectivity index (χ4n) is 3.90. The van der Waals surface area contributed by atoms with Gasteiger partial charge in [-0.25, -0.2) is 0 Å². The Kier molecular flexibility index (Phi) is 5.15. The molecule has 1 unspecified atom stereocenters. The topological polar surface area (TPSA) is 47.3 Å². The fraction of sp³-hybridized carbons (Fsp3) is 0.667. The molecule has 0 aromatic heterocycles. The van der Waals surface area contributed by atoms with Gasteiger partial charge in [0.2, 0.25) is 0 Å². The van der Waals surface area contributed by atoms with E-state index in [1.807, 2.05) is 0 Å². The molecular formula is C18H28N2O. The first-order valence-electron chi connectivity index (χ1n) is 8.59. The first kappa shape index (κ1) is 14.9. The van der Waals surface area contributed by atoms with Crippen LogP contribution in [0.3, 0.4) is 0 Å². The third kappa shape index (κ3) is 3.58. The van der Waals surface area contributed by atoms with Gasteiger partial charge in [0, 0.05) is 11.6 Å². The highest BCUT2D eigenvalue weighted by Crippen LogP contribution is 2.36. The van der Waals surface area contributed by atoms with Crippen LogP contribution >= 0.6 is 0 Å². The van der Waals surface area contributed by atoms with Gasteiger partial charge in [-0.05, 0) is 37.2 Å². The normalized spacial score (nSPS) is 20.6. The van der Waals surface area contributed by atoms with E-state index in [-0.39, 0.29) is 6.04 Å². The third-order valence-electron chi connectivity index (χ3n) is 5.13. The number of rotatable bonds is 5. The second-order valence-electron chi connectivity index (χ2n) is 6.59. The molecule has 1 atom stereocenters. The van der Waals surface area contributed by atoms with E-state index in [0.29, 0.717) is 0 Å². The highest BCUT2D eigenvalue weighted by atomic mass is 16.5. The van der Waals surface area contributed by atoms with Crippen molar-refractivity contribution in [1.29, 1.82) is 0 Å². The van der Waals surface area contributed by atoms with Crippen molar-refractivity contribution in [1.82, 2.24) is 5.43 Å². The number of fused-ring (bicyclic) bond motifs is 1. The molecule has 3 rings (SSSR count). The number of aryl methyl sites for hydroxylation is 1. The van der Waals surface area contributed by atoms with Crippen molar-refractivity contribution in [2.75, 3.05) is 6.61 Å². The summed E-state index contributed by atoms with van der Waals surface area (Å²) in [5.74, 6) is 7.84. The lowest BCUT2D eigenvalue weighted by Gasteiger charge is -2.27. The van der Waals surface area contributed by atoms with Gasteiger partial charge in [-0.15, -0.1) is 0 Å². The maximum atomic E-state index is 5.93. The molecule has 3 nitrogen and oxygen atoms in total. The Morgan fingerprint density at radius 2 is 2.05 bits per heavy atom. The largest absolute Gasteiger partial charge is 0.493 e. The first-order valence-corrected chi connectivity index (χ1v) is 8.59. The molecule has 1 aromatic carbocycles. The number of hydrogen-bond donors (Lipinski definition) is 2. The molecular weight excluding hydrogens is 260 g/mol. The monoisotopic (exact) mass is 288 g/mol. The van der Waals surface area contributed by atoms with Crippen molar-refractivity contribution >= 4 is 0 Å². The van der Waals surface area contributed by atoms with Gasteiger partial charge in [-0.3, -0.25) is 11.3 Å². The minimum atomic E-state index is 0.222. The quantitative estimate of drug-likeness (QED) is 0.638. The number of nitrogens with two attached hydrogens (primary N) is 1. The zero-order chi connectivity index (χ0) is 14.5. The number of para-hydroxylation sites is 1. The average Bonchev–Trinajstić information content (AvgIpc) is 2.56. The van der Waals surface area contributed by atoms with Gasteiger partial charge < -0.3 is 4.74 Å². The minimum absolute atomic E-state index is 0.222. The number of nitrogens with one attached hydrogen (secondary N) is 1. The van der Waals surface area contributed by atoms with Gasteiger partial charge in [-0.1, -0.05) is 50.3 Å². The van der Waals surface area contributed by atoms with E-state index in [2.05, 4.69) is 23.6 Å². The van der Waals surface area contributed by atoms with E-state index in [9.17, 15) is 0 Å². The van der Waals surface area contributed by atoms with Crippen LogP contribution in [-0.2, 0) is 6.42 Å². The molecule has 1 aliphatic carbocycles. The zero-order valence-corrected chi connectivity index (χ0v) is 12.9. The van der Waals surface area contributed by atoms with Crippen LogP contribution < -0.4 is 16.0 Å². The predicted octanol–water partition coefficient (Wildman–Crippen LogP) is 3.88. The Bertz CT molecular complexity index is 455. The van der Waals surface area contributed by atoms with E-state index >= 15 is 0 Å². The molecule has 1 fully saturated rings. The molecule has 0 amide bonds. The fourth-order valence-corrected chi connectivity index (χ4v) is 3.90. The molecule has 3 N–H and O–H groups in total. The summed E-state index contributed by atoms with van der Waals surface area (Å²) in [6, 6.07) is 6.73. The van der Waals surface area contributed by atoms with Crippen molar-refractivity contribution in [3.63, 3.8) is 0 Å². The Balaban J connectivity index is 1.68. The molecule has 0 saturated heterocycles. The number of ether oxygens (including phenoxy) is 1. The Labute approximate surface area is 128 Å². The molecule has 21 heavy (non-hydrogen) atoms. The smallest absolute Gasteiger partial charge is 0.127 e. The molecule has 1 saturated carbocycles. The van der Waals surface area contributed by atoms with Gasteiger partial charge in [0.15, 0.2) is 0 Å². The summed E-state index contributed by atoms with van der Waals surface area (Å²) in [5, 5.41) is 0. The summed E-state index contributed by atoms with van der Waals surface area (Å²) < 4.78 is 5.93. The minimum Gasteiger partial charge on any atom is -0.493 e. The lowest BCUT2D eigenvalue weighted by molar-refractivity contribution is 0.276. The molecule has 1 aromatic rings. The molecule has 0 radical (unpaired) electrons. The highest BCUT2D eigenvalue weighted by molar-refractivity contribution is 5.44. The second-order valence-corrected chi connectivity index (χ2v) is 6.59. The van der Waals surface area contributed by atoms with Crippen molar-refractivity contribution in [3.8, 4) is 5.75 Å². The summed E-state index contributed by atoms with van der Waals surface area (Å²) in [6.45, 7) is 0.837. The Hall–Kier alpha value is -1.06. The van der Waals surface area contributed by atoms with Crippen LogP contribution in [0, 0.1) is 5.92 Å². The van der Waals surface area contributed by atoms with Crippen LogP contribution in [0.1, 0.15) is 68.5 Å². The van der Waals surface area contributed by atoms with Crippen molar-refractivity contribution in [2.24, 2.45) is 11.8 Å². The summed E-state index contributed by atoms with van der Waals surface area (Å²) in [6.07, 6.45) is 11.7. The summed E-state index contributed by atoms with van der Waals surface area (Å²) >= 11 is 0. The predicted molar refractivity (Wildman–Crippen MR) is 86.1 cm³/mol. The molecule has 0 bridgehead atoms. The first-order chi connectivity index (χ1) is 10.4. The lowest BCUT2D eigenvalue weighted by Crippen LogP contribution is -2.29. The third-order valence-corrected chi connectivity index (χ3v) is 5.13. The number of benzene rings is 1. The summed E-state index contributed by atoms with van der Waals surface area (Å²) in [5.41, 5.74) is 5.63. The van der Waals surface area contributed by atoms with E-state index < -0.39 is 0 Å². The lowest BCUT2D eigenvalue weighted by atomic mass is 9.84. The van der Waals surface area contributed by atoms with Gasteiger partial charge >= 0.3 is 0 Å². The maximum absolute atomic E-state index is 5.93. The molecule has 1 heterocycles. The van der Waals surface area contributed by atoms with Crippen molar-refractivity contribution in [3.05, 3.63) is 29.3 Å². The van der Waals surface area contributed by atoms with Crippen LogP contribution in [0.15, 0.2) is 18.2 Å². The molecule has 2 aliphatic rings. The van der Waals surface area contributed by atoms with E-state index in [0.717, 1.165) is 37.5 Å². The number of hydrogen-bond acceptors (Lipinski definition) is 3. The van der Waals surface area contributed by atoms with Crippen molar-refractivity contribution < 1.29 is 4.74 Å². The molecule has 116 valence electrons. The molecule has 3 heteroatoms. The van der Waals surface area contributed by atoms with Crippen molar-refractivity contribution in [2.45, 2.75) is 63.8 Å². The van der Waals surface area contributed by atoms with Crippen LogP contribution in [0.25, 0.3) is 0 Å². The maximum Gasteiger partial charge on any atom is 0.127 e. The van der Waals surface area contributed by atoms with Gasteiger partial charge in [-0.2, -0.15) is 0 Å². The summed E-state index contributed by atoms with van der Waals surface area (Å²) in [7, 11) is 0. The molecule has 0 spiro atoms. The second kappa shape index (κ2) is 7.28. The van der Waals surface area contributed by atoms with E-state index in [4.69, 9.17) is 10.6 Å². The van der Waals surface area contributed by atoms with E-state index in [1.165, 1.54) is 49.7 Å². The summed E-state index contributed by atoms with van der Waals surface area (Å²) in [4.78, 5) is 0. The standard InChI is InChI=1S/C18H28N2O/c19-20-17(12-11-14-6-2-1-3-7-14)16-10-4-8-15-9-5-13-21-18(15)16/h4,8,10,14,17,20H,1-3,5-7,9,11-13,19H2.